The predicted octanol–water partition coefficient (Wildman–Crippen LogP) is 3.53. The summed E-state index contributed by atoms with van der Waals surface area (Å²) in [6.45, 7) is 3.51. The van der Waals surface area contributed by atoms with Crippen molar-refractivity contribution in [3.8, 4) is 11.5 Å². The summed E-state index contributed by atoms with van der Waals surface area (Å²) in [6, 6.07) is 8.17. The van der Waals surface area contributed by atoms with Gasteiger partial charge in [0.15, 0.2) is 0 Å². The first-order valence-electron chi connectivity index (χ1n) is 6.58. The average molecular weight is 288 g/mol. The number of benzene rings is 1. The molecule has 1 N–H and O–H groups in total. The van der Waals surface area contributed by atoms with E-state index in [0.29, 0.717) is 23.4 Å². The standard InChI is InChI=1S/C15H16N2O4/c1-3-13(18)12-8-7-11(9-16-12)21-14-6-4-5-10(2)15(14)17(19)20/h4-9,13,18H,3H2,1-2H3/t13-/m0/s1. The van der Waals surface area contributed by atoms with Crippen LogP contribution in [-0.4, -0.2) is 15.0 Å². The minimum atomic E-state index is -0.618. The molecule has 1 aromatic carbocycles. The number of nitrogens with zero attached hydrogens (tertiary/aromatic N) is 2. The zero-order valence-corrected chi connectivity index (χ0v) is 11.8. The molecule has 0 unspecified atom stereocenters. The third-order valence-electron chi connectivity index (χ3n) is 3.10. The van der Waals surface area contributed by atoms with E-state index in [0.717, 1.165) is 0 Å². The van der Waals surface area contributed by atoms with E-state index in [4.69, 9.17) is 4.74 Å². The number of ether oxygens (including phenoxy) is 1. The number of hydrogen-bond acceptors (Lipinski definition) is 5. The highest BCUT2D eigenvalue weighted by atomic mass is 16.6. The monoisotopic (exact) mass is 288 g/mol. The molecule has 2 aromatic rings. The Morgan fingerprint density at radius 3 is 2.71 bits per heavy atom. The lowest BCUT2D eigenvalue weighted by Crippen LogP contribution is -1.99. The molecule has 0 saturated carbocycles. The molecule has 1 atom stereocenters. The van der Waals surface area contributed by atoms with Crippen LogP contribution in [0.3, 0.4) is 0 Å². The van der Waals surface area contributed by atoms with E-state index in [9.17, 15) is 15.2 Å². The van der Waals surface area contributed by atoms with Gasteiger partial charge in [-0.3, -0.25) is 15.1 Å². The first-order chi connectivity index (χ1) is 10.0. The Balaban J connectivity index is 2.27. The molecule has 110 valence electrons. The SMILES string of the molecule is CC[C@H](O)c1ccc(Oc2cccc(C)c2[N+](=O)[O-])cn1. The van der Waals surface area contributed by atoms with Crippen molar-refractivity contribution in [1.29, 1.82) is 0 Å². The van der Waals surface area contributed by atoms with E-state index in [-0.39, 0.29) is 11.4 Å². The summed E-state index contributed by atoms with van der Waals surface area (Å²) in [5, 5.41) is 20.8. The van der Waals surface area contributed by atoms with E-state index >= 15 is 0 Å². The normalized spacial score (nSPS) is 12.0. The molecule has 0 amide bonds. The number of pyridine rings is 1. The van der Waals surface area contributed by atoms with Crippen LogP contribution in [0.2, 0.25) is 0 Å². The van der Waals surface area contributed by atoms with Crippen molar-refractivity contribution in [3.05, 3.63) is 57.9 Å². The van der Waals surface area contributed by atoms with E-state index in [1.54, 1.807) is 37.3 Å². The van der Waals surface area contributed by atoms with Gasteiger partial charge < -0.3 is 9.84 Å². The van der Waals surface area contributed by atoms with E-state index in [1.807, 2.05) is 6.92 Å². The number of para-hydroxylation sites is 1. The van der Waals surface area contributed by atoms with Crippen molar-refractivity contribution < 1.29 is 14.8 Å². The largest absolute Gasteiger partial charge is 0.448 e. The molecule has 0 fully saturated rings. The summed E-state index contributed by atoms with van der Waals surface area (Å²) in [7, 11) is 0. The van der Waals surface area contributed by atoms with Crippen molar-refractivity contribution in [1.82, 2.24) is 4.98 Å². The summed E-state index contributed by atoms with van der Waals surface area (Å²) in [4.78, 5) is 14.7. The highest BCUT2D eigenvalue weighted by molar-refractivity contribution is 5.53. The molecular weight excluding hydrogens is 272 g/mol. The van der Waals surface area contributed by atoms with Crippen LogP contribution in [0.4, 0.5) is 5.69 Å². The van der Waals surface area contributed by atoms with Crippen molar-refractivity contribution in [2.75, 3.05) is 0 Å². The first kappa shape index (κ1) is 14.9. The molecule has 0 radical (unpaired) electrons. The summed E-state index contributed by atoms with van der Waals surface area (Å²) >= 11 is 0. The number of aromatic nitrogens is 1. The fraction of sp³-hybridized carbons (Fsp3) is 0.267. The van der Waals surface area contributed by atoms with Crippen molar-refractivity contribution in [2.24, 2.45) is 0 Å². The van der Waals surface area contributed by atoms with E-state index < -0.39 is 11.0 Å². The topological polar surface area (TPSA) is 85.5 Å². The summed E-state index contributed by atoms with van der Waals surface area (Å²) in [6.07, 6.45) is 1.39. The Bertz CT molecular complexity index is 641. The minimum absolute atomic E-state index is 0.0600. The zero-order chi connectivity index (χ0) is 15.4. The van der Waals surface area contributed by atoms with Crippen molar-refractivity contribution in [2.45, 2.75) is 26.4 Å². The number of aryl methyl sites for hydroxylation is 1. The van der Waals surface area contributed by atoms with Gasteiger partial charge in [-0.2, -0.15) is 0 Å². The van der Waals surface area contributed by atoms with Crippen LogP contribution in [0.25, 0.3) is 0 Å². The number of hydrogen-bond donors (Lipinski definition) is 1. The number of nitro benzene ring substituents is 1. The summed E-state index contributed by atoms with van der Waals surface area (Å²) < 4.78 is 5.53. The second-order valence-corrected chi connectivity index (χ2v) is 4.62. The Kier molecular flexibility index (Phi) is 4.49. The first-order valence-corrected chi connectivity index (χ1v) is 6.58. The van der Waals surface area contributed by atoms with Crippen LogP contribution < -0.4 is 4.74 Å². The molecule has 1 heterocycles. The van der Waals surface area contributed by atoms with Gasteiger partial charge in [-0.15, -0.1) is 0 Å². The van der Waals surface area contributed by atoms with Crippen LogP contribution >= 0.6 is 0 Å². The van der Waals surface area contributed by atoms with Gasteiger partial charge in [0, 0.05) is 5.56 Å². The van der Waals surface area contributed by atoms with Crippen LogP contribution in [-0.2, 0) is 0 Å². The molecular formula is C15H16N2O4. The molecule has 6 heteroatoms. The van der Waals surface area contributed by atoms with Crippen molar-refractivity contribution in [3.63, 3.8) is 0 Å². The van der Waals surface area contributed by atoms with Gasteiger partial charge in [0.25, 0.3) is 0 Å². The maximum absolute atomic E-state index is 11.1. The number of aliphatic hydroxyl groups excluding tert-OH is 1. The Labute approximate surface area is 122 Å². The summed E-state index contributed by atoms with van der Waals surface area (Å²) in [5.41, 5.74) is 1.02. The number of rotatable bonds is 5. The lowest BCUT2D eigenvalue weighted by atomic mass is 10.2. The number of nitro groups is 1. The minimum Gasteiger partial charge on any atom is -0.448 e. The fourth-order valence-corrected chi connectivity index (χ4v) is 1.93. The van der Waals surface area contributed by atoms with Crippen molar-refractivity contribution >= 4 is 5.69 Å². The Hall–Kier alpha value is -2.47. The second-order valence-electron chi connectivity index (χ2n) is 4.62. The molecule has 2 rings (SSSR count). The second kappa shape index (κ2) is 6.32. The quantitative estimate of drug-likeness (QED) is 0.672. The van der Waals surface area contributed by atoms with E-state index in [1.165, 1.54) is 6.20 Å². The lowest BCUT2D eigenvalue weighted by Gasteiger charge is -2.10. The van der Waals surface area contributed by atoms with Crippen LogP contribution in [0.1, 0.15) is 30.7 Å². The van der Waals surface area contributed by atoms with Gasteiger partial charge in [-0.25, -0.2) is 0 Å². The van der Waals surface area contributed by atoms with Gasteiger partial charge in [-0.1, -0.05) is 19.1 Å². The Morgan fingerprint density at radius 2 is 2.14 bits per heavy atom. The number of aliphatic hydroxyl groups is 1. The zero-order valence-electron chi connectivity index (χ0n) is 11.8. The maximum atomic E-state index is 11.1. The molecule has 0 aliphatic heterocycles. The van der Waals surface area contributed by atoms with Gasteiger partial charge in [-0.05, 0) is 31.5 Å². The van der Waals surface area contributed by atoms with Crippen LogP contribution in [0.5, 0.6) is 11.5 Å². The molecule has 0 spiro atoms. The molecule has 6 nitrogen and oxygen atoms in total. The maximum Gasteiger partial charge on any atom is 0.314 e. The lowest BCUT2D eigenvalue weighted by molar-refractivity contribution is -0.386. The average Bonchev–Trinajstić information content (AvgIpc) is 2.47. The van der Waals surface area contributed by atoms with Gasteiger partial charge in [0.2, 0.25) is 5.75 Å². The van der Waals surface area contributed by atoms with Crippen LogP contribution in [0, 0.1) is 17.0 Å². The van der Waals surface area contributed by atoms with Gasteiger partial charge >= 0.3 is 5.69 Å². The van der Waals surface area contributed by atoms with Gasteiger partial charge in [0.1, 0.15) is 5.75 Å². The van der Waals surface area contributed by atoms with Gasteiger partial charge in [0.05, 0.1) is 22.9 Å². The third-order valence-corrected chi connectivity index (χ3v) is 3.10. The highest BCUT2D eigenvalue weighted by Crippen LogP contribution is 2.33. The smallest absolute Gasteiger partial charge is 0.314 e. The Morgan fingerprint density at radius 1 is 1.38 bits per heavy atom. The highest BCUT2D eigenvalue weighted by Gasteiger charge is 2.19. The molecule has 21 heavy (non-hydrogen) atoms. The van der Waals surface area contributed by atoms with E-state index in [2.05, 4.69) is 4.98 Å². The summed E-state index contributed by atoms with van der Waals surface area (Å²) in [5.74, 6) is 0.557. The fourth-order valence-electron chi connectivity index (χ4n) is 1.93. The molecule has 0 bridgehead atoms. The molecule has 0 saturated heterocycles. The van der Waals surface area contributed by atoms with Crippen LogP contribution in [0.15, 0.2) is 36.5 Å². The molecule has 0 aliphatic rings. The predicted molar refractivity (Wildman–Crippen MR) is 77.4 cm³/mol. The third kappa shape index (κ3) is 3.35. The molecule has 0 aliphatic carbocycles. The molecule has 1 aromatic heterocycles.